The Balaban J connectivity index is 1.47. The molecule has 176 valence electrons. The van der Waals surface area contributed by atoms with Crippen LogP contribution in [0.25, 0.3) is 5.69 Å². The van der Waals surface area contributed by atoms with Crippen molar-refractivity contribution in [2.75, 3.05) is 15.4 Å². The van der Waals surface area contributed by atoms with Gasteiger partial charge in [-0.3, -0.25) is 14.2 Å². The Bertz CT molecular complexity index is 1500. The van der Waals surface area contributed by atoms with E-state index in [-0.39, 0.29) is 21.4 Å². The number of aromatic nitrogens is 3. The number of benzene rings is 2. The molecule has 0 fully saturated rings. The third kappa shape index (κ3) is 4.72. The van der Waals surface area contributed by atoms with Gasteiger partial charge in [0.25, 0.3) is 15.6 Å². The second kappa shape index (κ2) is 9.15. The minimum Gasteiger partial charge on any atom is -0.360 e. The van der Waals surface area contributed by atoms with Crippen LogP contribution in [0, 0.1) is 13.8 Å². The van der Waals surface area contributed by atoms with Gasteiger partial charge in [-0.1, -0.05) is 23.4 Å². The fraction of sp³-hybridized carbons (Fsp3) is 0.136. The third-order valence-electron chi connectivity index (χ3n) is 5.08. The standard InChI is InChI=1S/C22H22N6O4S2/c1-14-13-19(25-32-14)26-34(30,31)18-11-9-16(10-12-18)23-22(33)24-20-15(2)27(3)28(21(20)29)17-7-5-4-6-8-17/h4-13H,1-3H3,(H,25,26)(H2,23,24,33). The van der Waals surface area contributed by atoms with E-state index in [1.54, 1.807) is 35.5 Å². The topological polar surface area (TPSA) is 123 Å². The van der Waals surface area contributed by atoms with Crippen molar-refractivity contribution < 1.29 is 12.9 Å². The molecule has 12 heteroatoms. The minimum absolute atomic E-state index is 0.0437. The molecule has 0 atom stereocenters. The molecule has 0 bridgehead atoms. The van der Waals surface area contributed by atoms with E-state index >= 15 is 0 Å². The highest BCUT2D eigenvalue weighted by Crippen LogP contribution is 2.19. The predicted octanol–water partition coefficient (Wildman–Crippen LogP) is 3.39. The summed E-state index contributed by atoms with van der Waals surface area (Å²) in [7, 11) is -2.04. The van der Waals surface area contributed by atoms with Crippen molar-refractivity contribution in [3.63, 3.8) is 0 Å². The second-order valence-corrected chi connectivity index (χ2v) is 9.56. The number of hydrogen-bond acceptors (Lipinski definition) is 6. The highest BCUT2D eigenvalue weighted by atomic mass is 32.2. The van der Waals surface area contributed by atoms with Gasteiger partial charge in [0.2, 0.25) is 0 Å². The lowest BCUT2D eigenvalue weighted by Gasteiger charge is -2.10. The van der Waals surface area contributed by atoms with E-state index in [1.165, 1.54) is 18.2 Å². The van der Waals surface area contributed by atoms with E-state index < -0.39 is 10.0 Å². The van der Waals surface area contributed by atoms with Gasteiger partial charge in [0.15, 0.2) is 10.9 Å². The highest BCUT2D eigenvalue weighted by molar-refractivity contribution is 7.92. The maximum absolute atomic E-state index is 13.0. The van der Waals surface area contributed by atoms with Crippen molar-refractivity contribution in [1.82, 2.24) is 14.5 Å². The van der Waals surface area contributed by atoms with Crippen molar-refractivity contribution in [2.24, 2.45) is 7.05 Å². The predicted molar refractivity (Wildman–Crippen MR) is 134 cm³/mol. The number of thiocarbonyl (C=S) groups is 1. The molecule has 2 aromatic heterocycles. The summed E-state index contributed by atoms with van der Waals surface area (Å²) in [5.41, 5.74) is 2.08. The van der Waals surface area contributed by atoms with Crippen LogP contribution in [0.1, 0.15) is 11.5 Å². The average molecular weight is 499 g/mol. The number of anilines is 3. The molecule has 0 amide bonds. The molecule has 0 unspecified atom stereocenters. The van der Waals surface area contributed by atoms with Crippen LogP contribution in [0.4, 0.5) is 17.2 Å². The van der Waals surface area contributed by atoms with Gasteiger partial charge in [-0.05, 0) is 62.5 Å². The molecule has 0 aliphatic heterocycles. The van der Waals surface area contributed by atoms with Gasteiger partial charge in [0.1, 0.15) is 11.4 Å². The zero-order valence-corrected chi connectivity index (χ0v) is 20.2. The van der Waals surface area contributed by atoms with Gasteiger partial charge < -0.3 is 15.2 Å². The van der Waals surface area contributed by atoms with Gasteiger partial charge in [-0.15, -0.1) is 0 Å². The van der Waals surface area contributed by atoms with Crippen LogP contribution in [-0.2, 0) is 17.1 Å². The maximum Gasteiger partial charge on any atom is 0.295 e. The molecule has 2 aromatic carbocycles. The summed E-state index contributed by atoms with van der Waals surface area (Å²) in [5, 5.41) is 9.75. The smallest absolute Gasteiger partial charge is 0.295 e. The number of aryl methyl sites for hydroxylation is 1. The van der Waals surface area contributed by atoms with Crippen molar-refractivity contribution in [3.05, 3.63) is 82.5 Å². The van der Waals surface area contributed by atoms with Crippen molar-refractivity contribution in [1.29, 1.82) is 0 Å². The number of rotatable bonds is 6. The summed E-state index contributed by atoms with van der Waals surface area (Å²) >= 11 is 5.37. The van der Waals surface area contributed by atoms with E-state index in [0.29, 0.717) is 22.8 Å². The van der Waals surface area contributed by atoms with Crippen LogP contribution < -0.4 is 20.9 Å². The molecule has 4 rings (SSSR count). The first-order valence-electron chi connectivity index (χ1n) is 10.1. The largest absolute Gasteiger partial charge is 0.360 e. The van der Waals surface area contributed by atoms with Crippen molar-refractivity contribution in [2.45, 2.75) is 18.7 Å². The van der Waals surface area contributed by atoms with Crippen LogP contribution in [-0.4, -0.2) is 28.1 Å². The zero-order chi connectivity index (χ0) is 24.5. The van der Waals surface area contributed by atoms with E-state index in [4.69, 9.17) is 16.7 Å². The van der Waals surface area contributed by atoms with E-state index in [2.05, 4.69) is 20.5 Å². The summed E-state index contributed by atoms with van der Waals surface area (Å²) in [6.45, 7) is 3.48. The van der Waals surface area contributed by atoms with Gasteiger partial charge in [0, 0.05) is 18.8 Å². The van der Waals surface area contributed by atoms with Crippen molar-refractivity contribution >= 4 is 44.5 Å². The fourth-order valence-corrected chi connectivity index (χ4v) is 4.52. The highest BCUT2D eigenvalue weighted by Gasteiger charge is 2.18. The van der Waals surface area contributed by atoms with Gasteiger partial charge in [0.05, 0.1) is 16.3 Å². The van der Waals surface area contributed by atoms with Crippen LogP contribution >= 0.6 is 12.2 Å². The third-order valence-corrected chi connectivity index (χ3v) is 6.66. The number of hydrogen-bond donors (Lipinski definition) is 3. The summed E-state index contributed by atoms with van der Waals surface area (Å²) in [6, 6.07) is 16.7. The first-order chi connectivity index (χ1) is 16.2. The molecule has 0 spiro atoms. The molecule has 0 radical (unpaired) electrons. The molecule has 0 saturated heterocycles. The molecular formula is C22H22N6O4S2. The number of para-hydroxylation sites is 1. The SMILES string of the molecule is Cc1cc(NS(=O)(=O)c2ccc(NC(=S)Nc3c(C)n(C)n(-c4ccccc4)c3=O)cc2)no1. The molecule has 0 saturated carbocycles. The number of nitrogens with zero attached hydrogens (tertiary/aromatic N) is 3. The lowest BCUT2D eigenvalue weighted by Crippen LogP contribution is -2.25. The molecule has 4 aromatic rings. The molecule has 2 heterocycles. The van der Waals surface area contributed by atoms with E-state index in [1.807, 2.05) is 37.3 Å². The first kappa shape index (κ1) is 23.3. The lowest BCUT2D eigenvalue weighted by molar-refractivity contribution is 0.400. The molecule has 10 nitrogen and oxygen atoms in total. The minimum atomic E-state index is -3.83. The zero-order valence-electron chi connectivity index (χ0n) is 18.6. The van der Waals surface area contributed by atoms with Gasteiger partial charge in [-0.25, -0.2) is 13.1 Å². The van der Waals surface area contributed by atoms with E-state index in [0.717, 1.165) is 5.69 Å². The quantitative estimate of drug-likeness (QED) is 0.346. The van der Waals surface area contributed by atoms with E-state index in [9.17, 15) is 13.2 Å². The fourth-order valence-electron chi connectivity index (χ4n) is 3.32. The summed E-state index contributed by atoms with van der Waals surface area (Å²) in [5.74, 6) is 0.590. The van der Waals surface area contributed by atoms with Crippen LogP contribution in [0.15, 0.2) is 74.9 Å². The summed E-state index contributed by atoms with van der Waals surface area (Å²) < 4.78 is 35.6. The first-order valence-corrected chi connectivity index (χ1v) is 12.0. The molecule has 3 N–H and O–H groups in total. The lowest BCUT2D eigenvalue weighted by atomic mass is 10.3. The molecule has 0 aliphatic rings. The monoisotopic (exact) mass is 498 g/mol. The Morgan fingerprint density at radius 3 is 2.32 bits per heavy atom. The maximum atomic E-state index is 13.0. The second-order valence-electron chi connectivity index (χ2n) is 7.47. The normalized spacial score (nSPS) is 11.3. The summed E-state index contributed by atoms with van der Waals surface area (Å²) in [4.78, 5) is 13.1. The Morgan fingerprint density at radius 2 is 1.71 bits per heavy atom. The molecule has 34 heavy (non-hydrogen) atoms. The number of nitrogens with one attached hydrogen (secondary N) is 3. The Hall–Kier alpha value is -3.90. The Morgan fingerprint density at radius 1 is 1.03 bits per heavy atom. The number of sulfonamides is 1. The van der Waals surface area contributed by atoms with Gasteiger partial charge in [-0.2, -0.15) is 0 Å². The van der Waals surface area contributed by atoms with Crippen molar-refractivity contribution in [3.8, 4) is 5.69 Å². The van der Waals surface area contributed by atoms with Crippen LogP contribution in [0.2, 0.25) is 0 Å². The van der Waals surface area contributed by atoms with Crippen LogP contribution in [0.5, 0.6) is 0 Å². The van der Waals surface area contributed by atoms with Crippen LogP contribution in [0.3, 0.4) is 0 Å². The Labute approximate surface area is 201 Å². The molecular weight excluding hydrogens is 476 g/mol. The Kier molecular flexibility index (Phi) is 6.26. The summed E-state index contributed by atoms with van der Waals surface area (Å²) in [6.07, 6.45) is 0. The van der Waals surface area contributed by atoms with Gasteiger partial charge >= 0.3 is 0 Å². The average Bonchev–Trinajstić information content (AvgIpc) is 3.29. The molecule has 0 aliphatic carbocycles.